The molecular formula is C17H30O4. The Hall–Kier alpha value is -1.06. The molecule has 0 spiro atoms. The van der Waals surface area contributed by atoms with Crippen LogP contribution in [-0.2, 0) is 19.1 Å². The van der Waals surface area contributed by atoms with Crippen LogP contribution in [0.5, 0.6) is 0 Å². The van der Waals surface area contributed by atoms with Crippen LogP contribution < -0.4 is 0 Å². The number of carbonyl (C=O) groups is 2. The van der Waals surface area contributed by atoms with E-state index in [1.165, 1.54) is 6.42 Å². The largest absolute Gasteiger partial charge is 0.460 e. The van der Waals surface area contributed by atoms with Crippen molar-refractivity contribution in [2.24, 2.45) is 17.3 Å². The van der Waals surface area contributed by atoms with Gasteiger partial charge in [-0.05, 0) is 51.4 Å². The SMILES string of the molecule is CCC(C)(C)C(=O)OCC(=O)OC1CCCCC1C(C)C. The maximum absolute atomic E-state index is 11.9. The van der Waals surface area contributed by atoms with E-state index in [1.807, 2.05) is 20.8 Å². The molecule has 21 heavy (non-hydrogen) atoms. The van der Waals surface area contributed by atoms with Crippen molar-refractivity contribution < 1.29 is 19.1 Å². The highest BCUT2D eigenvalue weighted by Crippen LogP contribution is 2.32. The predicted molar refractivity (Wildman–Crippen MR) is 81.7 cm³/mol. The highest BCUT2D eigenvalue weighted by molar-refractivity contribution is 5.79. The van der Waals surface area contributed by atoms with E-state index >= 15 is 0 Å². The molecule has 0 heterocycles. The highest BCUT2D eigenvalue weighted by Gasteiger charge is 2.32. The molecule has 0 aliphatic heterocycles. The number of hydrogen-bond acceptors (Lipinski definition) is 4. The second kappa shape index (κ2) is 7.81. The average molecular weight is 298 g/mol. The monoisotopic (exact) mass is 298 g/mol. The van der Waals surface area contributed by atoms with Crippen LogP contribution in [0.1, 0.15) is 66.7 Å². The molecule has 1 aliphatic carbocycles. The molecule has 0 saturated heterocycles. The fourth-order valence-corrected chi connectivity index (χ4v) is 2.70. The lowest BCUT2D eigenvalue weighted by Crippen LogP contribution is -2.35. The topological polar surface area (TPSA) is 52.6 Å². The fraction of sp³-hybridized carbons (Fsp3) is 0.882. The Morgan fingerprint density at radius 1 is 1.19 bits per heavy atom. The minimum absolute atomic E-state index is 0.0239. The van der Waals surface area contributed by atoms with Crippen LogP contribution in [0, 0.1) is 17.3 Å². The lowest BCUT2D eigenvalue weighted by Gasteiger charge is -2.33. The van der Waals surface area contributed by atoms with Gasteiger partial charge < -0.3 is 9.47 Å². The molecular weight excluding hydrogens is 268 g/mol. The van der Waals surface area contributed by atoms with Crippen LogP contribution in [0.2, 0.25) is 0 Å². The second-order valence-corrected chi connectivity index (χ2v) is 7.03. The molecule has 2 unspecified atom stereocenters. The first-order valence-electron chi connectivity index (χ1n) is 8.14. The molecule has 1 saturated carbocycles. The average Bonchev–Trinajstić information content (AvgIpc) is 2.45. The number of ether oxygens (including phenoxy) is 2. The molecule has 4 nitrogen and oxygen atoms in total. The summed E-state index contributed by atoms with van der Waals surface area (Å²) < 4.78 is 10.6. The molecule has 0 bridgehead atoms. The summed E-state index contributed by atoms with van der Waals surface area (Å²) >= 11 is 0. The van der Waals surface area contributed by atoms with Gasteiger partial charge in [0.25, 0.3) is 0 Å². The minimum Gasteiger partial charge on any atom is -0.460 e. The summed E-state index contributed by atoms with van der Waals surface area (Å²) in [7, 11) is 0. The zero-order chi connectivity index (χ0) is 16.0. The minimum atomic E-state index is -0.550. The Labute approximate surface area is 128 Å². The number of hydrogen-bond donors (Lipinski definition) is 0. The van der Waals surface area contributed by atoms with Crippen LogP contribution >= 0.6 is 0 Å². The maximum atomic E-state index is 11.9. The Balaban J connectivity index is 2.44. The van der Waals surface area contributed by atoms with Gasteiger partial charge in [0.1, 0.15) is 6.10 Å². The third kappa shape index (κ3) is 5.33. The van der Waals surface area contributed by atoms with E-state index in [2.05, 4.69) is 13.8 Å². The van der Waals surface area contributed by atoms with Crippen molar-refractivity contribution in [1.82, 2.24) is 0 Å². The summed E-state index contributed by atoms with van der Waals surface area (Å²) in [6, 6.07) is 0. The van der Waals surface area contributed by atoms with Crippen molar-refractivity contribution in [2.45, 2.75) is 72.8 Å². The van der Waals surface area contributed by atoms with Gasteiger partial charge in [-0.1, -0.05) is 27.2 Å². The Morgan fingerprint density at radius 2 is 1.81 bits per heavy atom. The molecule has 1 rings (SSSR count). The molecule has 4 heteroatoms. The van der Waals surface area contributed by atoms with Crippen molar-refractivity contribution in [3.63, 3.8) is 0 Å². The third-order valence-corrected chi connectivity index (χ3v) is 4.65. The molecule has 1 fully saturated rings. The smallest absolute Gasteiger partial charge is 0.344 e. The van der Waals surface area contributed by atoms with Gasteiger partial charge in [-0.25, -0.2) is 4.79 Å². The molecule has 0 aromatic carbocycles. The highest BCUT2D eigenvalue weighted by atomic mass is 16.6. The van der Waals surface area contributed by atoms with E-state index in [4.69, 9.17) is 9.47 Å². The van der Waals surface area contributed by atoms with Gasteiger partial charge in [0, 0.05) is 0 Å². The van der Waals surface area contributed by atoms with Crippen molar-refractivity contribution >= 4 is 11.9 Å². The molecule has 122 valence electrons. The van der Waals surface area contributed by atoms with E-state index in [0.717, 1.165) is 19.3 Å². The normalized spacial score (nSPS) is 23.0. The second-order valence-electron chi connectivity index (χ2n) is 7.03. The van der Waals surface area contributed by atoms with Gasteiger partial charge >= 0.3 is 11.9 Å². The van der Waals surface area contributed by atoms with Crippen LogP contribution in [-0.4, -0.2) is 24.6 Å². The molecule has 0 radical (unpaired) electrons. The summed E-state index contributed by atoms with van der Waals surface area (Å²) in [6.07, 6.45) is 4.99. The fourth-order valence-electron chi connectivity index (χ4n) is 2.70. The van der Waals surface area contributed by atoms with Crippen molar-refractivity contribution in [3.8, 4) is 0 Å². The van der Waals surface area contributed by atoms with E-state index in [1.54, 1.807) is 0 Å². The van der Waals surface area contributed by atoms with Gasteiger partial charge in [0.05, 0.1) is 5.41 Å². The van der Waals surface area contributed by atoms with Gasteiger partial charge in [-0.2, -0.15) is 0 Å². The van der Waals surface area contributed by atoms with Crippen molar-refractivity contribution in [1.29, 1.82) is 0 Å². The summed E-state index contributed by atoms with van der Waals surface area (Å²) in [5.74, 6) is 0.161. The number of carbonyl (C=O) groups excluding carboxylic acids is 2. The standard InChI is InChI=1S/C17H30O4/c1-6-17(4,5)16(19)20-11-15(18)21-14-10-8-7-9-13(14)12(2)3/h12-14H,6-11H2,1-5H3. The molecule has 0 aromatic rings. The third-order valence-electron chi connectivity index (χ3n) is 4.65. The first kappa shape index (κ1) is 18.0. The maximum Gasteiger partial charge on any atom is 0.344 e. The molecule has 0 aromatic heterocycles. The zero-order valence-electron chi connectivity index (χ0n) is 14.1. The molecule has 0 amide bonds. The van der Waals surface area contributed by atoms with Gasteiger partial charge in [0.15, 0.2) is 6.61 Å². The Bertz CT molecular complexity index is 360. The van der Waals surface area contributed by atoms with Crippen molar-refractivity contribution in [3.05, 3.63) is 0 Å². The quantitative estimate of drug-likeness (QED) is 0.701. The van der Waals surface area contributed by atoms with Gasteiger partial charge in [-0.15, -0.1) is 0 Å². The summed E-state index contributed by atoms with van der Waals surface area (Å²) in [5, 5.41) is 0. The molecule has 0 N–H and O–H groups in total. The Morgan fingerprint density at radius 3 is 2.38 bits per heavy atom. The van der Waals surface area contributed by atoms with Crippen LogP contribution in [0.25, 0.3) is 0 Å². The lowest BCUT2D eigenvalue weighted by molar-refractivity contribution is -0.170. The summed E-state index contributed by atoms with van der Waals surface area (Å²) in [4.78, 5) is 23.7. The van der Waals surface area contributed by atoms with Gasteiger partial charge in [-0.3, -0.25) is 4.79 Å². The lowest BCUT2D eigenvalue weighted by atomic mass is 9.79. The van der Waals surface area contributed by atoms with E-state index in [-0.39, 0.29) is 18.7 Å². The number of esters is 2. The predicted octanol–water partition coefficient (Wildman–Crippen LogP) is 3.72. The van der Waals surface area contributed by atoms with Crippen LogP contribution in [0.15, 0.2) is 0 Å². The van der Waals surface area contributed by atoms with E-state index in [0.29, 0.717) is 18.3 Å². The summed E-state index contributed by atoms with van der Waals surface area (Å²) in [5.41, 5.74) is -0.550. The van der Waals surface area contributed by atoms with Gasteiger partial charge in [0.2, 0.25) is 0 Å². The van der Waals surface area contributed by atoms with E-state index < -0.39 is 11.4 Å². The molecule has 1 aliphatic rings. The first-order valence-corrected chi connectivity index (χ1v) is 8.14. The van der Waals surface area contributed by atoms with Crippen molar-refractivity contribution in [2.75, 3.05) is 6.61 Å². The Kier molecular flexibility index (Phi) is 6.69. The zero-order valence-corrected chi connectivity index (χ0v) is 14.1. The summed E-state index contributed by atoms with van der Waals surface area (Å²) in [6.45, 7) is 9.62. The molecule has 2 atom stereocenters. The van der Waals surface area contributed by atoms with Crippen LogP contribution in [0.3, 0.4) is 0 Å². The number of rotatable bonds is 6. The van der Waals surface area contributed by atoms with E-state index in [9.17, 15) is 9.59 Å². The van der Waals surface area contributed by atoms with Crippen LogP contribution in [0.4, 0.5) is 0 Å². The first-order chi connectivity index (χ1) is 9.77.